The number of hydrogen-bond acceptors (Lipinski definition) is 7. The monoisotopic (exact) mass is 397 g/mol. The van der Waals surface area contributed by atoms with Crippen LogP contribution in [0.4, 0.5) is 5.82 Å². The van der Waals surface area contributed by atoms with Gasteiger partial charge in [-0.05, 0) is 18.2 Å². The number of ether oxygens (including phenoxy) is 1. The summed E-state index contributed by atoms with van der Waals surface area (Å²) in [6.07, 6.45) is -1.51. The fourth-order valence-corrected chi connectivity index (χ4v) is 3.19. The van der Waals surface area contributed by atoms with E-state index in [1.807, 2.05) is 24.3 Å². The standard InChI is InChI=1S/C19H19N5O5/c1-10-17(27)13(9-25)29-18(10)24-7-6-14(23-19(24)28)22-16(26)8-15-20-11-4-2-3-5-12(11)21-15/h2-7,13,17-18,25,27H,1,8-9H2,(H,20,21)(H,22,23,26,28)/t13-,17+,18-/m1/s1. The second-order valence-corrected chi connectivity index (χ2v) is 6.66. The van der Waals surface area contributed by atoms with Crippen molar-refractivity contribution in [3.05, 3.63) is 65.0 Å². The molecule has 3 aromatic rings. The third-order valence-electron chi connectivity index (χ3n) is 4.65. The molecule has 1 fully saturated rings. The fourth-order valence-electron chi connectivity index (χ4n) is 3.19. The van der Waals surface area contributed by atoms with Gasteiger partial charge in [-0.3, -0.25) is 9.36 Å². The average molecular weight is 397 g/mol. The number of carbonyl (C=O) groups is 1. The molecule has 0 bridgehead atoms. The highest BCUT2D eigenvalue weighted by Gasteiger charge is 2.38. The van der Waals surface area contributed by atoms with Crippen molar-refractivity contribution in [1.82, 2.24) is 19.5 Å². The van der Waals surface area contributed by atoms with Crippen LogP contribution in [0.25, 0.3) is 11.0 Å². The van der Waals surface area contributed by atoms with Gasteiger partial charge in [0.25, 0.3) is 0 Å². The van der Waals surface area contributed by atoms with Crippen LogP contribution in [0, 0.1) is 0 Å². The molecule has 0 spiro atoms. The van der Waals surface area contributed by atoms with Crippen LogP contribution < -0.4 is 11.0 Å². The summed E-state index contributed by atoms with van der Waals surface area (Å²) in [5.41, 5.74) is 1.14. The Morgan fingerprint density at radius 1 is 1.31 bits per heavy atom. The number of aromatic amines is 1. The van der Waals surface area contributed by atoms with E-state index in [1.165, 1.54) is 12.3 Å². The van der Waals surface area contributed by atoms with Crippen molar-refractivity contribution < 1.29 is 19.7 Å². The quantitative estimate of drug-likeness (QED) is 0.448. The normalized spacial score (nSPS) is 21.6. The van der Waals surface area contributed by atoms with Gasteiger partial charge in [-0.15, -0.1) is 0 Å². The summed E-state index contributed by atoms with van der Waals surface area (Å²) < 4.78 is 6.59. The van der Waals surface area contributed by atoms with E-state index in [2.05, 4.69) is 26.8 Å². The molecular weight excluding hydrogens is 378 g/mol. The number of hydrogen-bond donors (Lipinski definition) is 4. The highest BCUT2D eigenvalue weighted by atomic mass is 16.5. The molecule has 1 aliphatic heterocycles. The van der Waals surface area contributed by atoms with Crippen molar-refractivity contribution in [2.45, 2.75) is 24.9 Å². The van der Waals surface area contributed by atoms with Gasteiger partial charge in [0, 0.05) is 11.8 Å². The van der Waals surface area contributed by atoms with E-state index in [0.717, 1.165) is 15.6 Å². The Hall–Kier alpha value is -3.34. The number of rotatable bonds is 5. The predicted molar refractivity (Wildman–Crippen MR) is 103 cm³/mol. The van der Waals surface area contributed by atoms with Crippen molar-refractivity contribution in [2.75, 3.05) is 11.9 Å². The number of fused-ring (bicyclic) bond motifs is 1. The number of H-pyrrole nitrogens is 1. The van der Waals surface area contributed by atoms with Gasteiger partial charge in [-0.2, -0.15) is 4.98 Å². The van der Waals surface area contributed by atoms with Gasteiger partial charge in [-0.1, -0.05) is 18.7 Å². The number of aliphatic hydroxyl groups is 2. The summed E-state index contributed by atoms with van der Waals surface area (Å²) in [6.45, 7) is 3.31. The van der Waals surface area contributed by atoms with Crippen LogP contribution in [0.15, 0.2) is 53.5 Å². The zero-order valence-corrected chi connectivity index (χ0v) is 15.3. The van der Waals surface area contributed by atoms with E-state index < -0.39 is 30.7 Å². The van der Waals surface area contributed by atoms with Crippen LogP contribution in [-0.4, -0.2) is 54.5 Å². The van der Waals surface area contributed by atoms with E-state index in [1.54, 1.807) is 0 Å². The van der Waals surface area contributed by atoms with Crippen LogP contribution in [0.3, 0.4) is 0 Å². The number of nitrogens with one attached hydrogen (secondary N) is 2. The third kappa shape index (κ3) is 3.68. The molecular formula is C19H19N5O5. The van der Waals surface area contributed by atoms with Gasteiger partial charge in [0.15, 0.2) is 6.23 Å². The maximum absolute atomic E-state index is 12.3. The number of aromatic nitrogens is 4. The first-order valence-corrected chi connectivity index (χ1v) is 8.92. The molecule has 4 N–H and O–H groups in total. The van der Waals surface area contributed by atoms with Crippen LogP contribution in [0.2, 0.25) is 0 Å². The van der Waals surface area contributed by atoms with E-state index >= 15 is 0 Å². The lowest BCUT2D eigenvalue weighted by atomic mass is 10.1. The molecule has 150 valence electrons. The molecule has 0 radical (unpaired) electrons. The Labute approximate surface area is 164 Å². The molecule has 3 heterocycles. The maximum Gasteiger partial charge on any atom is 0.351 e. The number of imidazole rings is 1. The van der Waals surface area contributed by atoms with E-state index in [-0.39, 0.29) is 23.7 Å². The zero-order chi connectivity index (χ0) is 20.5. The topological polar surface area (TPSA) is 142 Å². The van der Waals surface area contributed by atoms with Crippen molar-refractivity contribution in [3.63, 3.8) is 0 Å². The van der Waals surface area contributed by atoms with Gasteiger partial charge >= 0.3 is 5.69 Å². The number of benzene rings is 1. The molecule has 1 saturated heterocycles. The Morgan fingerprint density at radius 2 is 2.10 bits per heavy atom. The first-order chi connectivity index (χ1) is 14.0. The lowest BCUT2D eigenvalue weighted by molar-refractivity contribution is -0.115. The Kier molecular flexibility index (Phi) is 4.97. The number of nitrogens with zero attached hydrogens (tertiary/aromatic N) is 3. The second-order valence-electron chi connectivity index (χ2n) is 6.66. The molecule has 1 aromatic carbocycles. The summed E-state index contributed by atoms with van der Waals surface area (Å²) in [4.78, 5) is 35.8. The molecule has 10 nitrogen and oxygen atoms in total. The maximum atomic E-state index is 12.3. The van der Waals surface area contributed by atoms with Crippen LogP contribution in [-0.2, 0) is 16.0 Å². The summed E-state index contributed by atoms with van der Waals surface area (Å²) >= 11 is 0. The third-order valence-corrected chi connectivity index (χ3v) is 4.65. The number of carbonyl (C=O) groups excluding carboxylic acids is 1. The van der Waals surface area contributed by atoms with Gasteiger partial charge < -0.3 is 25.3 Å². The SMILES string of the molecule is C=C1[C@H](n2ccc(NC(=O)Cc3nc4ccccc4[nH]3)nc2=O)O[C@H](CO)[C@H]1O. The molecule has 29 heavy (non-hydrogen) atoms. The van der Waals surface area contributed by atoms with Crippen molar-refractivity contribution >= 4 is 22.8 Å². The van der Waals surface area contributed by atoms with E-state index in [9.17, 15) is 19.8 Å². The van der Waals surface area contributed by atoms with E-state index in [4.69, 9.17) is 4.74 Å². The minimum absolute atomic E-state index is 0.00758. The Balaban J connectivity index is 1.46. The minimum Gasteiger partial charge on any atom is -0.394 e. The lowest BCUT2D eigenvalue weighted by Gasteiger charge is -2.15. The molecule has 1 aliphatic rings. The lowest BCUT2D eigenvalue weighted by Crippen LogP contribution is -2.29. The van der Waals surface area contributed by atoms with Gasteiger partial charge in [0.1, 0.15) is 23.9 Å². The van der Waals surface area contributed by atoms with Gasteiger partial charge in [0.05, 0.1) is 24.1 Å². The first kappa shape index (κ1) is 19.0. The number of aliphatic hydroxyl groups excluding tert-OH is 2. The summed E-state index contributed by atoms with van der Waals surface area (Å²) in [5, 5.41) is 21.7. The number of anilines is 1. The molecule has 1 amide bonds. The van der Waals surface area contributed by atoms with Gasteiger partial charge in [-0.25, -0.2) is 9.78 Å². The zero-order valence-electron chi connectivity index (χ0n) is 15.3. The van der Waals surface area contributed by atoms with Gasteiger partial charge in [0.2, 0.25) is 5.91 Å². The molecule has 3 atom stereocenters. The van der Waals surface area contributed by atoms with Crippen molar-refractivity contribution in [1.29, 1.82) is 0 Å². The van der Waals surface area contributed by atoms with Crippen molar-refractivity contribution in [3.8, 4) is 0 Å². The Bertz CT molecular complexity index is 1100. The second kappa shape index (κ2) is 7.59. The smallest absolute Gasteiger partial charge is 0.351 e. The largest absolute Gasteiger partial charge is 0.394 e. The summed E-state index contributed by atoms with van der Waals surface area (Å²) in [6, 6.07) is 8.87. The molecule has 0 saturated carbocycles. The highest BCUT2D eigenvalue weighted by molar-refractivity contribution is 5.91. The fraction of sp³-hybridized carbons (Fsp3) is 0.263. The molecule has 2 aromatic heterocycles. The van der Waals surface area contributed by atoms with Crippen LogP contribution in [0.1, 0.15) is 12.1 Å². The number of amides is 1. The summed E-state index contributed by atoms with van der Waals surface area (Å²) in [5.74, 6) is 0.193. The minimum atomic E-state index is -1.08. The van der Waals surface area contributed by atoms with E-state index in [0.29, 0.717) is 5.82 Å². The first-order valence-electron chi connectivity index (χ1n) is 8.92. The number of para-hydroxylation sites is 2. The predicted octanol–water partition coefficient (Wildman–Crippen LogP) is 0.108. The van der Waals surface area contributed by atoms with Crippen molar-refractivity contribution in [2.24, 2.45) is 0 Å². The molecule has 4 rings (SSSR count). The highest BCUT2D eigenvalue weighted by Crippen LogP contribution is 2.31. The van der Waals surface area contributed by atoms with Crippen LogP contribution in [0.5, 0.6) is 0 Å². The Morgan fingerprint density at radius 3 is 2.79 bits per heavy atom. The van der Waals surface area contributed by atoms with Crippen LogP contribution >= 0.6 is 0 Å². The summed E-state index contributed by atoms with van der Waals surface area (Å²) in [7, 11) is 0. The average Bonchev–Trinajstić information content (AvgIpc) is 3.22. The molecule has 0 unspecified atom stereocenters. The molecule has 10 heteroatoms. The molecule has 0 aliphatic carbocycles.